The van der Waals surface area contributed by atoms with Gasteiger partial charge < -0.3 is 4.90 Å². The van der Waals surface area contributed by atoms with E-state index in [0.29, 0.717) is 18.0 Å². The summed E-state index contributed by atoms with van der Waals surface area (Å²) in [5.41, 5.74) is 4.82. The van der Waals surface area contributed by atoms with Crippen molar-refractivity contribution in [2.24, 2.45) is 5.41 Å². The molecule has 7 heteroatoms. The summed E-state index contributed by atoms with van der Waals surface area (Å²) in [6.45, 7) is 9.39. The summed E-state index contributed by atoms with van der Waals surface area (Å²) in [5, 5.41) is 4.72. The zero-order valence-electron chi connectivity index (χ0n) is 20.7. The lowest BCUT2D eigenvalue weighted by Gasteiger charge is -2.48. The second-order valence-corrected chi connectivity index (χ2v) is 12.4. The van der Waals surface area contributed by atoms with Crippen molar-refractivity contribution in [3.8, 4) is 0 Å². The summed E-state index contributed by atoms with van der Waals surface area (Å²) in [6.07, 6.45) is 12.1. The largest absolute Gasteiger partial charge is 0.302 e. The van der Waals surface area contributed by atoms with Gasteiger partial charge in [-0.25, -0.2) is 8.42 Å². The molecule has 2 aliphatic heterocycles. The van der Waals surface area contributed by atoms with Crippen molar-refractivity contribution in [2.75, 3.05) is 32.7 Å². The molecule has 2 fully saturated rings. The fraction of sp³-hybridized carbons (Fsp3) is 0.593. The zero-order chi connectivity index (χ0) is 23.8. The van der Waals surface area contributed by atoms with E-state index in [1.807, 2.05) is 25.3 Å². The van der Waals surface area contributed by atoms with Crippen LogP contribution in [0.1, 0.15) is 62.3 Å². The van der Waals surface area contributed by atoms with E-state index < -0.39 is 10.0 Å². The molecular weight excluding hydrogens is 444 g/mol. The Hall–Kier alpha value is -1.96. The molecule has 1 unspecified atom stereocenters. The fourth-order valence-corrected chi connectivity index (χ4v) is 7.52. The van der Waals surface area contributed by atoms with E-state index in [1.54, 1.807) is 16.4 Å². The maximum absolute atomic E-state index is 13.7. The van der Waals surface area contributed by atoms with Crippen LogP contribution in [-0.4, -0.2) is 60.1 Å². The van der Waals surface area contributed by atoms with Gasteiger partial charge in [-0.2, -0.15) is 9.40 Å². The number of hydrogen-bond donors (Lipinski definition) is 0. The topological polar surface area (TPSA) is 58.4 Å². The van der Waals surface area contributed by atoms with E-state index in [4.69, 9.17) is 5.10 Å². The summed E-state index contributed by atoms with van der Waals surface area (Å²) in [5.74, 6) is 0. The highest BCUT2D eigenvalue weighted by Gasteiger charge is 2.46. The number of piperidine rings is 2. The van der Waals surface area contributed by atoms with Crippen LogP contribution in [0, 0.1) is 12.3 Å². The number of rotatable bonds is 7. The maximum Gasteiger partial charge on any atom is 0.243 e. The number of nitrogens with zero attached hydrogens (tertiary/aromatic N) is 4. The predicted molar refractivity (Wildman–Crippen MR) is 136 cm³/mol. The van der Waals surface area contributed by atoms with Crippen LogP contribution in [0.5, 0.6) is 0 Å². The smallest absolute Gasteiger partial charge is 0.243 e. The van der Waals surface area contributed by atoms with Gasteiger partial charge in [0.15, 0.2) is 0 Å². The normalized spacial score (nSPS) is 23.9. The Morgan fingerprint density at radius 2 is 1.82 bits per heavy atom. The third-order valence-corrected chi connectivity index (χ3v) is 9.81. The molecular formula is C27H38N4O2S. The van der Waals surface area contributed by atoms with Gasteiger partial charge in [-0.3, -0.25) is 4.68 Å². The van der Waals surface area contributed by atoms with Crippen molar-refractivity contribution in [3.63, 3.8) is 0 Å². The first-order chi connectivity index (χ1) is 16.4. The van der Waals surface area contributed by atoms with E-state index in [-0.39, 0.29) is 5.41 Å². The van der Waals surface area contributed by atoms with Crippen LogP contribution in [0.3, 0.4) is 0 Å². The van der Waals surface area contributed by atoms with Crippen LogP contribution < -0.4 is 0 Å². The Kier molecular flexibility index (Phi) is 6.70. The first-order valence-electron chi connectivity index (χ1n) is 13.0. The minimum atomic E-state index is -3.53. The highest BCUT2D eigenvalue weighted by molar-refractivity contribution is 7.89. The van der Waals surface area contributed by atoms with Gasteiger partial charge in [-0.15, -0.1) is 0 Å². The van der Waals surface area contributed by atoms with Gasteiger partial charge in [0, 0.05) is 31.6 Å². The van der Waals surface area contributed by atoms with Crippen molar-refractivity contribution in [1.82, 2.24) is 19.0 Å². The van der Waals surface area contributed by atoms with Crippen molar-refractivity contribution in [3.05, 3.63) is 52.9 Å². The van der Waals surface area contributed by atoms with Crippen LogP contribution in [0.15, 0.2) is 40.9 Å². The Bertz CT molecular complexity index is 1150. The lowest BCUT2D eigenvalue weighted by Crippen LogP contribution is -2.54. The number of fused-ring (bicyclic) bond motifs is 2. The molecule has 5 rings (SSSR count). The van der Waals surface area contributed by atoms with Crippen molar-refractivity contribution in [2.45, 2.75) is 70.2 Å². The van der Waals surface area contributed by atoms with Gasteiger partial charge in [0.05, 0.1) is 16.8 Å². The van der Waals surface area contributed by atoms with E-state index in [1.165, 1.54) is 36.1 Å². The van der Waals surface area contributed by atoms with Crippen LogP contribution in [-0.2, 0) is 23.0 Å². The molecule has 1 aliphatic carbocycles. The van der Waals surface area contributed by atoms with Gasteiger partial charge in [0.1, 0.15) is 0 Å². The minimum absolute atomic E-state index is 0.182. The van der Waals surface area contributed by atoms with Crippen LogP contribution >= 0.6 is 0 Å². The second kappa shape index (κ2) is 9.59. The Balaban J connectivity index is 1.48. The summed E-state index contributed by atoms with van der Waals surface area (Å²) in [6, 6.07) is 7.29. The standard InChI is InChI=1S/C27H38N4O2S/c1-3-4-15-31-26-17-24-12-16-30(34(32,33)25-10-8-22(2)9-11-25)21-27(24,18-23(26)19-28-31)20-29-13-6-5-7-14-29/h8-11,17,19H,3-7,12-16,18,20-21H2,1-2H3. The summed E-state index contributed by atoms with van der Waals surface area (Å²) in [7, 11) is -3.53. The molecule has 1 aromatic heterocycles. The molecule has 2 saturated heterocycles. The first-order valence-corrected chi connectivity index (χ1v) is 14.4. The van der Waals surface area contributed by atoms with Crippen molar-refractivity contribution in [1.29, 1.82) is 0 Å². The molecule has 0 bridgehead atoms. The zero-order valence-corrected chi connectivity index (χ0v) is 21.5. The molecule has 2 aromatic rings. The van der Waals surface area contributed by atoms with Crippen LogP contribution in [0.4, 0.5) is 0 Å². The molecule has 3 heterocycles. The van der Waals surface area contributed by atoms with E-state index >= 15 is 0 Å². The van der Waals surface area contributed by atoms with Gasteiger partial charge in [-0.05, 0) is 75.9 Å². The maximum atomic E-state index is 13.7. The molecule has 34 heavy (non-hydrogen) atoms. The number of likely N-dealkylation sites (tertiary alicyclic amines) is 1. The molecule has 0 spiro atoms. The molecule has 0 radical (unpaired) electrons. The monoisotopic (exact) mass is 482 g/mol. The lowest BCUT2D eigenvalue weighted by atomic mass is 9.68. The van der Waals surface area contributed by atoms with Crippen LogP contribution in [0.25, 0.3) is 6.08 Å². The number of aryl methyl sites for hydroxylation is 2. The van der Waals surface area contributed by atoms with Gasteiger partial charge in [0.2, 0.25) is 10.0 Å². The molecule has 6 nitrogen and oxygen atoms in total. The number of hydrogen-bond acceptors (Lipinski definition) is 4. The summed E-state index contributed by atoms with van der Waals surface area (Å²) >= 11 is 0. The number of sulfonamides is 1. The lowest BCUT2D eigenvalue weighted by molar-refractivity contribution is 0.114. The molecule has 0 N–H and O–H groups in total. The van der Waals surface area contributed by atoms with E-state index in [9.17, 15) is 8.42 Å². The number of aromatic nitrogens is 2. The number of benzene rings is 1. The molecule has 0 saturated carbocycles. The van der Waals surface area contributed by atoms with Gasteiger partial charge in [-0.1, -0.05) is 43.0 Å². The molecule has 1 aromatic carbocycles. The molecule has 184 valence electrons. The second-order valence-electron chi connectivity index (χ2n) is 10.5. The van der Waals surface area contributed by atoms with Gasteiger partial charge >= 0.3 is 0 Å². The van der Waals surface area contributed by atoms with E-state index in [2.05, 4.69) is 22.6 Å². The third-order valence-electron chi connectivity index (χ3n) is 7.95. The summed E-state index contributed by atoms with van der Waals surface area (Å²) < 4.78 is 31.2. The fourth-order valence-electron chi connectivity index (χ4n) is 5.99. The highest BCUT2D eigenvalue weighted by atomic mass is 32.2. The highest BCUT2D eigenvalue weighted by Crippen LogP contribution is 2.46. The van der Waals surface area contributed by atoms with Gasteiger partial charge in [0.25, 0.3) is 0 Å². The van der Waals surface area contributed by atoms with Crippen LogP contribution in [0.2, 0.25) is 0 Å². The number of unbranched alkanes of at least 4 members (excludes halogenated alkanes) is 1. The average molecular weight is 483 g/mol. The molecule has 1 atom stereocenters. The first kappa shape index (κ1) is 23.8. The quantitative estimate of drug-likeness (QED) is 0.583. The predicted octanol–water partition coefficient (Wildman–Crippen LogP) is 4.50. The Morgan fingerprint density at radius 3 is 2.56 bits per heavy atom. The van der Waals surface area contributed by atoms with E-state index in [0.717, 1.165) is 57.4 Å². The summed E-state index contributed by atoms with van der Waals surface area (Å²) in [4.78, 5) is 2.98. The average Bonchev–Trinajstić information content (AvgIpc) is 3.22. The Morgan fingerprint density at radius 1 is 1.06 bits per heavy atom. The SMILES string of the molecule is CCCCn1ncc2c1C=C1CCN(S(=O)(=O)c3ccc(C)cc3)CC1(CN1CCCCC1)C2. The minimum Gasteiger partial charge on any atom is -0.302 e. The third kappa shape index (κ3) is 4.50. The van der Waals surface area contributed by atoms with Crippen molar-refractivity contribution >= 4 is 16.1 Å². The molecule has 3 aliphatic rings. The molecule has 0 amide bonds. The Labute approximate surface area is 204 Å². The van der Waals surface area contributed by atoms with Crippen molar-refractivity contribution < 1.29 is 8.42 Å².